The lowest BCUT2D eigenvalue weighted by molar-refractivity contribution is -0.127. The van der Waals surface area contributed by atoms with E-state index in [1.165, 1.54) is 16.2 Å². The molecule has 1 aliphatic rings. The minimum atomic E-state index is -0.607. The zero-order valence-corrected chi connectivity index (χ0v) is 13.0. The summed E-state index contributed by atoms with van der Waals surface area (Å²) in [7, 11) is 0. The first-order valence-electron chi connectivity index (χ1n) is 6.83. The van der Waals surface area contributed by atoms with Crippen molar-refractivity contribution < 1.29 is 14.3 Å². The lowest BCUT2D eigenvalue weighted by Gasteiger charge is -2.32. The molecule has 22 heavy (non-hydrogen) atoms. The van der Waals surface area contributed by atoms with E-state index in [1.807, 2.05) is 18.4 Å². The minimum Gasteiger partial charge on any atom is -0.479 e. The van der Waals surface area contributed by atoms with Crippen LogP contribution in [0.5, 0.6) is 5.75 Å². The highest BCUT2D eigenvalue weighted by Gasteiger charge is 2.32. The van der Waals surface area contributed by atoms with Crippen LogP contribution in [-0.4, -0.2) is 29.4 Å². The minimum absolute atomic E-state index is 0.0673. The Morgan fingerprint density at radius 3 is 2.95 bits per heavy atom. The highest BCUT2D eigenvalue weighted by molar-refractivity contribution is 7.13. The van der Waals surface area contributed by atoms with Crippen molar-refractivity contribution in [2.24, 2.45) is 0 Å². The zero-order valence-electron chi connectivity index (χ0n) is 12.2. The summed E-state index contributed by atoms with van der Waals surface area (Å²) in [6, 6.07) is 7.19. The molecule has 0 bridgehead atoms. The largest absolute Gasteiger partial charge is 0.479 e. The summed E-state index contributed by atoms with van der Waals surface area (Å²) in [6.07, 6.45) is -0.607. The molecule has 0 radical (unpaired) electrons. The number of nitrogens with zero attached hydrogens (tertiary/aromatic N) is 2. The third-order valence-corrected chi connectivity index (χ3v) is 4.12. The maximum Gasteiger partial charge on any atom is 0.268 e. The number of nitrogens with one attached hydrogen (secondary N) is 1. The number of aryl methyl sites for hydroxylation is 1. The molecule has 6 nitrogen and oxygen atoms in total. The molecule has 0 aliphatic carbocycles. The molecule has 1 aromatic heterocycles. The SMILES string of the molecule is Cc1csc(NC(=O)CN2C(=O)[C@@H](C)Oc3ccccc32)n1. The number of anilines is 2. The summed E-state index contributed by atoms with van der Waals surface area (Å²) in [6.45, 7) is 3.46. The van der Waals surface area contributed by atoms with Crippen molar-refractivity contribution >= 4 is 34.0 Å². The fourth-order valence-corrected chi connectivity index (χ4v) is 2.94. The molecule has 1 aromatic carbocycles. The van der Waals surface area contributed by atoms with E-state index in [1.54, 1.807) is 25.1 Å². The number of ether oxygens (including phenoxy) is 1. The molecular formula is C15H15N3O3S. The molecule has 2 heterocycles. The van der Waals surface area contributed by atoms with Crippen LogP contribution in [0.15, 0.2) is 29.6 Å². The van der Waals surface area contributed by atoms with Gasteiger partial charge in [0, 0.05) is 5.38 Å². The molecule has 1 N–H and O–H groups in total. The van der Waals surface area contributed by atoms with Gasteiger partial charge in [0.15, 0.2) is 11.2 Å². The molecule has 3 rings (SSSR count). The van der Waals surface area contributed by atoms with Crippen LogP contribution in [0.2, 0.25) is 0 Å². The summed E-state index contributed by atoms with van der Waals surface area (Å²) in [5.41, 5.74) is 1.46. The second kappa shape index (κ2) is 5.76. The van der Waals surface area contributed by atoms with E-state index in [0.29, 0.717) is 16.6 Å². The number of aromatic nitrogens is 1. The maximum absolute atomic E-state index is 12.3. The van der Waals surface area contributed by atoms with Crippen LogP contribution in [0.4, 0.5) is 10.8 Å². The second-order valence-corrected chi connectivity index (χ2v) is 5.85. The van der Waals surface area contributed by atoms with Crippen LogP contribution in [0.25, 0.3) is 0 Å². The molecule has 1 aliphatic heterocycles. The summed E-state index contributed by atoms with van der Waals surface area (Å²) in [5, 5.41) is 5.10. The Bertz CT molecular complexity index is 728. The standard InChI is InChI=1S/C15H15N3O3S/c1-9-8-22-15(16-9)17-13(19)7-18-11-5-3-4-6-12(11)21-10(2)14(18)20/h3-6,8,10H,7H2,1-2H3,(H,16,17,19)/t10-/m1/s1. The summed E-state index contributed by atoms with van der Waals surface area (Å²) >= 11 is 1.36. The number of carbonyl (C=O) groups excluding carboxylic acids is 2. The summed E-state index contributed by atoms with van der Waals surface area (Å²) in [4.78, 5) is 30.1. The quantitative estimate of drug-likeness (QED) is 0.942. The first kappa shape index (κ1) is 14.5. The molecule has 0 spiro atoms. The van der Waals surface area contributed by atoms with Crippen LogP contribution >= 0.6 is 11.3 Å². The average molecular weight is 317 g/mol. The molecule has 114 valence electrons. The van der Waals surface area contributed by atoms with E-state index in [-0.39, 0.29) is 18.4 Å². The van der Waals surface area contributed by atoms with E-state index >= 15 is 0 Å². The van der Waals surface area contributed by atoms with E-state index in [9.17, 15) is 9.59 Å². The lowest BCUT2D eigenvalue weighted by atomic mass is 10.2. The van der Waals surface area contributed by atoms with E-state index < -0.39 is 6.10 Å². The van der Waals surface area contributed by atoms with E-state index in [2.05, 4.69) is 10.3 Å². The Labute approximate surface area is 131 Å². The van der Waals surface area contributed by atoms with E-state index in [4.69, 9.17) is 4.74 Å². The van der Waals surface area contributed by atoms with Crippen LogP contribution in [0.3, 0.4) is 0 Å². The smallest absolute Gasteiger partial charge is 0.268 e. The fraction of sp³-hybridized carbons (Fsp3) is 0.267. The molecule has 7 heteroatoms. The van der Waals surface area contributed by atoms with E-state index in [0.717, 1.165) is 5.69 Å². The zero-order chi connectivity index (χ0) is 15.7. The lowest BCUT2D eigenvalue weighted by Crippen LogP contribution is -2.47. The van der Waals surface area contributed by atoms with Crippen LogP contribution in [0, 0.1) is 6.92 Å². The van der Waals surface area contributed by atoms with Gasteiger partial charge < -0.3 is 10.1 Å². The number of hydrogen-bond donors (Lipinski definition) is 1. The highest BCUT2D eigenvalue weighted by Crippen LogP contribution is 2.33. The predicted octanol–water partition coefficient (Wildman–Crippen LogP) is 2.20. The van der Waals surface area contributed by atoms with Crippen molar-refractivity contribution in [1.82, 2.24) is 4.98 Å². The molecule has 2 aromatic rings. The maximum atomic E-state index is 12.3. The van der Waals surface area contributed by atoms with Crippen LogP contribution < -0.4 is 15.0 Å². The van der Waals surface area contributed by atoms with Gasteiger partial charge in [-0.05, 0) is 26.0 Å². The third-order valence-electron chi connectivity index (χ3n) is 3.24. The first-order chi connectivity index (χ1) is 10.5. The molecule has 0 fully saturated rings. The molecule has 0 unspecified atom stereocenters. The molecule has 0 saturated heterocycles. The number of fused-ring (bicyclic) bond motifs is 1. The topological polar surface area (TPSA) is 71.5 Å². The Hall–Kier alpha value is -2.41. The van der Waals surface area contributed by atoms with Gasteiger partial charge in [0.25, 0.3) is 5.91 Å². The van der Waals surface area contributed by atoms with Crippen molar-refractivity contribution in [3.63, 3.8) is 0 Å². The van der Waals surface area contributed by atoms with Gasteiger partial charge in [0.2, 0.25) is 5.91 Å². The number of hydrogen-bond acceptors (Lipinski definition) is 5. The number of rotatable bonds is 3. The highest BCUT2D eigenvalue weighted by atomic mass is 32.1. The Balaban J connectivity index is 1.78. The monoisotopic (exact) mass is 317 g/mol. The Morgan fingerprint density at radius 1 is 1.45 bits per heavy atom. The van der Waals surface area contributed by atoms with Crippen molar-refractivity contribution in [3.8, 4) is 5.75 Å². The number of amides is 2. The number of thiazole rings is 1. The Kier molecular flexibility index (Phi) is 3.81. The van der Waals surface area contributed by atoms with Gasteiger partial charge in [-0.15, -0.1) is 11.3 Å². The van der Waals surface area contributed by atoms with Gasteiger partial charge in [-0.25, -0.2) is 4.98 Å². The van der Waals surface area contributed by atoms with Crippen LogP contribution in [0.1, 0.15) is 12.6 Å². The van der Waals surface area contributed by atoms with Gasteiger partial charge in [0.05, 0.1) is 11.4 Å². The second-order valence-electron chi connectivity index (χ2n) is 4.99. The van der Waals surface area contributed by atoms with Gasteiger partial charge >= 0.3 is 0 Å². The predicted molar refractivity (Wildman–Crippen MR) is 84.4 cm³/mol. The van der Waals surface area contributed by atoms with Crippen molar-refractivity contribution in [1.29, 1.82) is 0 Å². The van der Waals surface area contributed by atoms with Crippen molar-refractivity contribution in [2.75, 3.05) is 16.8 Å². The number of para-hydroxylation sites is 2. The summed E-state index contributed by atoms with van der Waals surface area (Å²) in [5.74, 6) is 0.0864. The first-order valence-corrected chi connectivity index (χ1v) is 7.71. The normalized spacial score (nSPS) is 16.9. The number of benzene rings is 1. The Morgan fingerprint density at radius 2 is 2.23 bits per heavy atom. The molecule has 0 saturated carbocycles. The molecule has 2 amide bonds. The molecular weight excluding hydrogens is 302 g/mol. The van der Waals surface area contributed by atoms with Crippen molar-refractivity contribution in [2.45, 2.75) is 20.0 Å². The van der Waals surface area contributed by atoms with Gasteiger partial charge in [-0.2, -0.15) is 0 Å². The van der Waals surface area contributed by atoms with Gasteiger partial charge in [0.1, 0.15) is 12.3 Å². The van der Waals surface area contributed by atoms with Crippen molar-refractivity contribution in [3.05, 3.63) is 35.3 Å². The average Bonchev–Trinajstić information content (AvgIpc) is 2.89. The summed E-state index contributed by atoms with van der Waals surface area (Å²) < 4.78 is 5.54. The third kappa shape index (κ3) is 2.80. The van der Waals surface area contributed by atoms with Gasteiger partial charge in [-0.1, -0.05) is 12.1 Å². The fourth-order valence-electron chi connectivity index (χ4n) is 2.24. The van der Waals surface area contributed by atoms with Crippen LogP contribution in [-0.2, 0) is 9.59 Å². The molecule has 1 atom stereocenters. The number of carbonyl (C=O) groups is 2. The van der Waals surface area contributed by atoms with Gasteiger partial charge in [-0.3, -0.25) is 14.5 Å².